The zero-order chi connectivity index (χ0) is 23.0. The van der Waals surface area contributed by atoms with Gasteiger partial charge in [-0.3, -0.25) is 0 Å². The third-order valence-corrected chi connectivity index (χ3v) is 5.42. The standard InChI is InChI=1S/C25H22.2C3H8.3Y/c1-16-9-12-23-21(13-16)14-18(3)19(4)25(23)15-24-17(2)10-11-20-7-5-6-8-22(20)24;2*1-3-2;;;/h6-9,11-14H,15H2,1-4H3;2*3H2,1-2H3;;;/q-2;;;;;. The van der Waals surface area contributed by atoms with Crippen LogP contribution < -0.4 is 0 Å². The Morgan fingerprint density at radius 1 is 0.676 bits per heavy atom. The largest absolute Gasteiger partial charge is 0.183 e. The number of hydrogen-bond acceptors (Lipinski definition) is 0. The van der Waals surface area contributed by atoms with E-state index in [-0.39, 0.29) is 98.1 Å². The van der Waals surface area contributed by atoms with Crippen LogP contribution in [0.2, 0.25) is 0 Å². The molecule has 0 fully saturated rings. The van der Waals surface area contributed by atoms with Crippen LogP contribution in [-0.4, -0.2) is 0 Å². The van der Waals surface area contributed by atoms with Gasteiger partial charge < -0.3 is 0 Å². The third kappa shape index (κ3) is 9.88. The number of fused-ring (bicyclic) bond motifs is 2. The van der Waals surface area contributed by atoms with Crippen LogP contribution in [-0.2, 0) is 105 Å². The first kappa shape index (κ1) is 36.9. The van der Waals surface area contributed by atoms with Gasteiger partial charge in [-0.15, -0.1) is 0 Å². The second-order valence-corrected chi connectivity index (χ2v) is 8.52. The first-order valence-electron chi connectivity index (χ1n) is 11.7. The number of aryl methyl sites for hydroxylation is 3. The summed E-state index contributed by atoms with van der Waals surface area (Å²) in [5.41, 5.74) is 8.12. The third-order valence-electron chi connectivity index (χ3n) is 5.42. The number of hydrogen-bond donors (Lipinski definition) is 0. The predicted octanol–water partition coefficient (Wildman–Crippen LogP) is 9.24. The Morgan fingerprint density at radius 3 is 1.88 bits per heavy atom. The maximum Gasteiger partial charge on any atom is 0 e. The number of benzene rings is 4. The fraction of sp³-hybridized carbons (Fsp3) is 0.355. The van der Waals surface area contributed by atoms with Gasteiger partial charge in [-0.05, 0) is 54.7 Å². The molecule has 0 saturated heterocycles. The summed E-state index contributed by atoms with van der Waals surface area (Å²) in [6.07, 6.45) is 3.44. The summed E-state index contributed by atoms with van der Waals surface area (Å²) in [6, 6.07) is 24.1. The average molecular weight is 677 g/mol. The second kappa shape index (κ2) is 18.9. The molecule has 3 heteroatoms. The molecule has 0 unspecified atom stereocenters. The normalized spacial score (nSPS) is 9.41. The van der Waals surface area contributed by atoms with Gasteiger partial charge in [-0.1, -0.05) is 77.3 Å². The summed E-state index contributed by atoms with van der Waals surface area (Å²) in [6.45, 7) is 17.3. The van der Waals surface area contributed by atoms with E-state index in [0.717, 1.165) is 6.42 Å². The van der Waals surface area contributed by atoms with E-state index in [4.69, 9.17) is 0 Å². The van der Waals surface area contributed by atoms with Crippen molar-refractivity contribution in [3.05, 3.63) is 94.0 Å². The van der Waals surface area contributed by atoms with Crippen molar-refractivity contribution in [2.45, 2.75) is 74.7 Å². The summed E-state index contributed by atoms with van der Waals surface area (Å²) in [4.78, 5) is 0. The molecule has 4 aromatic rings. The molecule has 173 valence electrons. The zero-order valence-corrected chi connectivity index (χ0v) is 31.0. The topological polar surface area (TPSA) is 0 Å². The van der Waals surface area contributed by atoms with E-state index >= 15 is 0 Å². The molecule has 3 radical (unpaired) electrons. The molecule has 0 heterocycles. The summed E-state index contributed by atoms with van der Waals surface area (Å²) in [7, 11) is 0. The van der Waals surface area contributed by atoms with Crippen LogP contribution in [0, 0.1) is 39.8 Å². The Morgan fingerprint density at radius 2 is 1.26 bits per heavy atom. The van der Waals surface area contributed by atoms with E-state index in [2.05, 4.69) is 110 Å². The van der Waals surface area contributed by atoms with Crippen LogP contribution in [0.4, 0.5) is 0 Å². The van der Waals surface area contributed by atoms with Crippen molar-refractivity contribution in [1.29, 1.82) is 0 Å². The molecule has 0 N–H and O–H groups in total. The molecule has 0 atom stereocenters. The fourth-order valence-corrected chi connectivity index (χ4v) is 3.80. The van der Waals surface area contributed by atoms with Gasteiger partial charge in [0, 0.05) is 98.1 Å². The molecule has 0 amide bonds. The minimum absolute atomic E-state index is 0. The van der Waals surface area contributed by atoms with Crippen LogP contribution >= 0.6 is 0 Å². The Hall–Kier alpha value is 0.712. The monoisotopic (exact) mass is 677 g/mol. The molecule has 0 aliphatic heterocycles. The van der Waals surface area contributed by atoms with Gasteiger partial charge in [-0.2, -0.15) is 58.3 Å². The van der Waals surface area contributed by atoms with Crippen LogP contribution in [0.3, 0.4) is 0 Å². The van der Waals surface area contributed by atoms with E-state index in [0.29, 0.717) is 0 Å². The van der Waals surface area contributed by atoms with Crippen molar-refractivity contribution >= 4 is 21.5 Å². The Labute approximate surface area is 284 Å². The smallest absolute Gasteiger partial charge is 0 e. The molecule has 34 heavy (non-hydrogen) atoms. The van der Waals surface area contributed by atoms with E-state index in [9.17, 15) is 0 Å². The van der Waals surface area contributed by atoms with Crippen LogP contribution in [0.5, 0.6) is 0 Å². The molecule has 0 aliphatic carbocycles. The molecule has 0 aromatic heterocycles. The summed E-state index contributed by atoms with van der Waals surface area (Å²) >= 11 is 0. The minimum Gasteiger partial charge on any atom is -0.183 e. The van der Waals surface area contributed by atoms with E-state index in [1.54, 1.807) is 0 Å². The van der Waals surface area contributed by atoms with Crippen LogP contribution in [0.15, 0.2) is 48.5 Å². The average Bonchev–Trinajstić information content (AvgIpc) is 2.74. The van der Waals surface area contributed by atoms with Gasteiger partial charge in [0.05, 0.1) is 0 Å². The van der Waals surface area contributed by atoms with Crippen molar-refractivity contribution in [1.82, 2.24) is 0 Å². The molecule has 0 bridgehead atoms. The zero-order valence-electron chi connectivity index (χ0n) is 22.5. The molecule has 4 rings (SSSR count). The number of rotatable bonds is 2. The molecule has 0 spiro atoms. The van der Waals surface area contributed by atoms with Crippen molar-refractivity contribution < 1.29 is 98.1 Å². The minimum atomic E-state index is 0. The molecule has 4 aromatic carbocycles. The van der Waals surface area contributed by atoms with Gasteiger partial charge in [0.2, 0.25) is 0 Å². The molecule has 0 saturated carbocycles. The molecular formula is C31H38Y3-2. The first-order valence-corrected chi connectivity index (χ1v) is 11.7. The summed E-state index contributed by atoms with van der Waals surface area (Å²) in [5.74, 6) is 0. The van der Waals surface area contributed by atoms with Crippen LogP contribution in [0.25, 0.3) is 21.5 Å². The maximum atomic E-state index is 3.43. The summed E-state index contributed by atoms with van der Waals surface area (Å²) < 4.78 is 0. The Kier molecular flexibility index (Phi) is 20.5. The predicted molar refractivity (Wildman–Crippen MR) is 139 cm³/mol. The van der Waals surface area contributed by atoms with Gasteiger partial charge in [0.1, 0.15) is 0 Å². The van der Waals surface area contributed by atoms with Gasteiger partial charge in [0.25, 0.3) is 0 Å². The van der Waals surface area contributed by atoms with E-state index in [1.807, 2.05) is 6.07 Å². The molecule has 0 nitrogen and oxygen atoms in total. The van der Waals surface area contributed by atoms with Crippen molar-refractivity contribution in [3.63, 3.8) is 0 Å². The van der Waals surface area contributed by atoms with Crippen molar-refractivity contribution in [2.24, 2.45) is 0 Å². The summed E-state index contributed by atoms with van der Waals surface area (Å²) in [5, 5.41) is 5.24. The maximum absolute atomic E-state index is 3.43. The van der Waals surface area contributed by atoms with E-state index in [1.165, 1.54) is 67.8 Å². The Balaban J connectivity index is 0. The molecular weight excluding hydrogens is 639 g/mol. The molecule has 0 aliphatic rings. The SMILES string of the molecule is CCC.CCC.Cc1ccc2c(Cc3c(C)[c-]cc4c[c-]ccc34)c(C)c(C)cc2c1.[Y].[Y].[Y]. The second-order valence-electron chi connectivity index (χ2n) is 8.52. The van der Waals surface area contributed by atoms with Gasteiger partial charge in [0.15, 0.2) is 0 Å². The van der Waals surface area contributed by atoms with Crippen molar-refractivity contribution in [2.75, 3.05) is 0 Å². The Bertz CT molecular complexity index is 1140. The van der Waals surface area contributed by atoms with E-state index < -0.39 is 0 Å². The van der Waals surface area contributed by atoms with Crippen LogP contribution in [0.1, 0.15) is 73.9 Å². The van der Waals surface area contributed by atoms with Crippen molar-refractivity contribution in [3.8, 4) is 0 Å². The first-order chi connectivity index (χ1) is 14.9. The van der Waals surface area contributed by atoms with Gasteiger partial charge >= 0.3 is 0 Å². The van der Waals surface area contributed by atoms with Gasteiger partial charge in [-0.25, -0.2) is 0 Å². The quantitative estimate of drug-likeness (QED) is 0.186. The fourth-order valence-electron chi connectivity index (χ4n) is 3.80.